The molecule has 0 aliphatic heterocycles. The first-order valence-corrected chi connectivity index (χ1v) is 10.8. The Hall–Kier alpha value is -1.44. The lowest BCUT2D eigenvalue weighted by molar-refractivity contribution is -0.144. The molecule has 1 N–H and O–H groups in total. The van der Waals surface area contributed by atoms with Crippen LogP contribution < -0.4 is 5.32 Å². The number of rotatable bonds is 13. The van der Waals surface area contributed by atoms with Gasteiger partial charge in [0.25, 0.3) is 5.91 Å². The molecule has 0 spiro atoms. The van der Waals surface area contributed by atoms with Crippen LogP contribution in [0.15, 0.2) is 29.2 Å². The predicted octanol–water partition coefficient (Wildman–Crippen LogP) is 4.73. The van der Waals surface area contributed by atoms with Gasteiger partial charge in [0, 0.05) is 25.0 Å². The van der Waals surface area contributed by atoms with E-state index in [2.05, 4.69) is 5.32 Å². The minimum absolute atomic E-state index is 0.0640. The Bertz CT molecular complexity index is 647. The number of thioether (sulfide) groups is 1. The number of methoxy groups -OCH3 is 1. The number of unbranched alkanes of at least 4 members (excludes halogenated alkanes) is 2. The fourth-order valence-corrected chi connectivity index (χ4v) is 3.17. The summed E-state index contributed by atoms with van der Waals surface area (Å²) in [7, 11) is 1.66. The lowest BCUT2D eigenvalue weighted by atomic mass is 10.1. The maximum absolute atomic E-state index is 12.9. The fourth-order valence-electron chi connectivity index (χ4n) is 2.39. The molecule has 164 valence electrons. The molecule has 0 heterocycles. The highest BCUT2D eigenvalue weighted by Gasteiger charge is 2.29. The second-order valence-corrected chi connectivity index (χ2v) is 9.20. The molecule has 5 nitrogen and oxygen atoms in total. The van der Waals surface area contributed by atoms with Crippen LogP contribution in [0.3, 0.4) is 0 Å². The standard InChI is InChI=1S/C22H34FNO4S/c1-21(2,27-5)14-16-28-22(3,4)20(26)24-15-8-6-7-9-19(25)29-18-12-10-17(23)11-13-18/h10-13H,6-9,14-16H2,1-5H3,(H,24,26). The molecule has 0 saturated carbocycles. The van der Waals surface area contributed by atoms with Crippen molar-refractivity contribution in [3.8, 4) is 0 Å². The number of benzene rings is 1. The molecule has 1 aromatic carbocycles. The van der Waals surface area contributed by atoms with E-state index in [0.29, 0.717) is 26.0 Å². The first-order chi connectivity index (χ1) is 13.6. The Labute approximate surface area is 178 Å². The summed E-state index contributed by atoms with van der Waals surface area (Å²) in [6, 6.07) is 5.91. The molecule has 0 aliphatic rings. The molecule has 1 amide bonds. The van der Waals surface area contributed by atoms with Gasteiger partial charge in [0.1, 0.15) is 11.4 Å². The lowest BCUT2D eigenvalue weighted by Gasteiger charge is -2.28. The average Bonchev–Trinajstić information content (AvgIpc) is 2.65. The number of halogens is 1. The minimum atomic E-state index is -0.897. The van der Waals surface area contributed by atoms with Crippen molar-refractivity contribution in [2.24, 2.45) is 0 Å². The van der Waals surface area contributed by atoms with Gasteiger partial charge in [-0.1, -0.05) is 18.2 Å². The number of hydrogen-bond donors (Lipinski definition) is 1. The van der Waals surface area contributed by atoms with Crippen LogP contribution in [0.2, 0.25) is 0 Å². The van der Waals surface area contributed by atoms with Gasteiger partial charge in [-0.05, 0) is 71.2 Å². The highest BCUT2D eigenvalue weighted by atomic mass is 32.2. The molecule has 0 aromatic heterocycles. The van der Waals surface area contributed by atoms with Crippen molar-refractivity contribution >= 4 is 22.8 Å². The molecule has 29 heavy (non-hydrogen) atoms. The van der Waals surface area contributed by atoms with Crippen molar-refractivity contribution in [3.63, 3.8) is 0 Å². The molecule has 0 radical (unpaired) electrons. The van der Waals surface area contributed by atoms with Gasteiger partial charge in [0.15, 0.2) is 5.12 Å². The molecule has 0 unspecified atom stereocenters. The highest BCUT2D eigenvalue weighted by Crippen LogP contribution is 2.21. The van der Waals surface area contributed by atoms with Gasteiger partial charge in [-0.2, -0.15) is 0 Å². The van der Waals surface area contributed by atoms with Crippen LogP contribution in [0, 0.1) is 5.82 Å². The number of amides is 1. The molecule has 1 rings (SSSR count). The molecular weight excluding hydrogens is 393 g/mol. The summed E-state index contributed by atoms with van der Waals surface area (Å²) in [5.74, 6) is -0.452. The van der Waals surface area contributed by atoms with Gasteiger partial charge < -0.3 is 14.8 Å². The van der Waals surface area contributed by atoms with Crippen LogP contribution >= 0.6 is 11.8 Å². The van der Waals surface area contributed by atoms with Crippen LogP contribution in [-0.2, 0) is 19.1 Å². The summed E-state index contributed by atoms with van der Waals surface area (Å²) in [6.45, 7) is 8.46. The zero-order valence-corrected chi connectivity index (χ0v) is 19.0. The molecule has 0 bridgehead atoms. The lowest BCUT2D eigenvalue weighted by Crippen LogP contribution is -2.45. The van der Waals surface area contributed by atoms with Crippen molar-refractivity contribution in [2.45, 2.75) is 75.9 Å². The maximum atomic E-state index is 12.9. The molecule has 0 aliphatic carbocycles. The van der Waals surface area contributed by atoms with Gasteiger partial charge in [0.2, 0.25) is 0 Å². The summed E-state index contributed by atoms with van der Waals surface area (Å²) in [5, 5.41) is 2.96. The zero-order chi connectivity index (χ0) is 21.9. The van der Waals surface area contributed by atoms with E-state index >= 15 is 0 Å². The molecule has 7 heteroatoms. The first-order valence-electron chi connectivity index (χ1n) is 9.99. The van der Waals surface area contributed by atoms with Gasteiger partial charge in [-0.15, -0.1) is 0 Å². The van der Waals surface area contributed by atoms with Crippen LogP contribution in [0.4, 0.5) is 4.39 Å². The van der Waals surface area contributed by atoms with E-state index in [-0.39, 0.29) is 22.4 Å². The second kappa shape index (κ2) is 12.3. The van der Waals surface area contributed by atoms with E-state index in [4.69, 9.17) is 9.47 Å². The van der Waals surface area contributed by atoms with Crippen molar-refractivity contribution in [2.75, 3.05) is 20.3 Å². The Morgan fingerprint density at radius 1 is 1.07 bits per heavy atom. The molecule has 0 atom stereocenters. The molecule has 1 aromatic rings. The minimum Gasteiger partial charge on any atom is -0.379 e. The van der Waals surface area contributed by atoms with E-state index in [1.807, 2.05) is 13.8 Å². The van der Waals surface area contributed by atoms with Gasteiger partial charge >= 0.3 is 0 Å². The van der Waals surface area contributed by atoms with Gasteiger partial charge in [0.05, 0.1) is 12.2 Å². The van der Waals surface area contributed by atoms with E-state index in [0.717, 1.165) is 35.9 Å². The zero-order valence-electron chi connectivity index (χ0n) is 18.2. The fraction of sp³-hybridized carbons (Fsp3) is 0.636. The monoisotopic (exact) mass is 427 g/mol. The SMILES string of the molecule is COC(C)(C)CCOC(C)(C)C(=O)NCCCCCC(=O)Sc1ccc(F)cc1. The third-order valence-electron chi connectivity index (χ3n) is 4.65. The van der Waals surface area contributed by atoms with Gasteiger partial charge in [-0.25, -0.2) is 4.39 Å². The summed E-state index contributed by atoms with van der Waals surface area (Å²) < 4.78 is 24.0. The predicted molar refractivity (Wildman–Crippen MR) is 114 cm³/mol. The van der Waals surface area contributed by atoms with Crippen LogP contribution in [-0.4, -0.2) is 42.5 Å². The summed E-state index contributed by atoms with van der Waals surface area (Å²) in [6.07, 6.45) is 3.56. The summed E-state index contributed by atoms with van der Waals surface area (Å²) in [4.78, 5) is 25.0. The number of carbonyl (C=O) groups is 2. The molecule has 0 saturated heterocycles. The Morgan fingerprint density at radius 3 is 2.34 bits per heavy atom. The number of hydrogen-bond acceptors (Lipinski definition) is 5. The van der Waals surface area contributed by atoms with Crippen LogP contribution in [0.25, 0.3) is 0 Å². The molecular formula is C22H34FNO4S. The Morgan fingerprint density at radius 2 is 1.72 bits per heavy atom. The second-order valence-electron chi connectivity index (χ2n) is 8.07. The number of nitrogens with one attached hydrogen (secondary N) is 1. The average molecular weight is 428 g/mol. The summed E-state index contributed by atoms with van der Waals surface area (Å²) >= 11 is 1.13. The third-order valence-corrected chi connectivity index (χ3v) is 5.59. The summed E-state index contributed by atoms with van der Waals surface area (Å²) in [5.41, 5.74) is -1.18. The van der Waals surface area contributed by atoms with Crippen molar-refractivity contribution in [1.29, 1.82) is 0 Å². The highest BCUT2D eigenvalue weighted by molar-refractivity contribution is 8.13. The smallest absolute Gasteiger partial charge is 0.251 e. The Balaban J connectivity index is 2.15. The van der Waals surface area contributed by atoms with E-state index < -0.39 is 5.60 Å². The van der Waals surface area contributed by atoms with Crippen molar-refractivity contribution < 1.29 is 23.5 Å². The van der Waals surface area contributed by atoms with E-state index in [9.17, 15) is 14.0 Å². The van der Waals surface area contributed by atoms with E-state index in [1.165, 1.54) is 12.1 Å². The maximum Gasteiger partial charge on any atom is 0.251 e. The largest absolute Gasteiger partial charge is 0.379 e. The Kier molecular flexibility index (Phi) is 10.9. The van der Waals surface area contributed by atoms with Crippen molar-refractivity contribution in [3.05, 3.63) is 30.1 Å². The van der Waals surface area contributed by atoms with Crippen molar-refractivity contribution in [1.82, 2.24) is 5.32 Å². The van der Waals surface area contributed by atoms with Crippen LogP contribution in [0.5, 0.6) is 0 Å². The quantitative estimate of drug-likeness (QED) is 0.364. The molecule has 0 fully saturated rings. The van der Waals surface area contributed by atoms with Gasteiger partial charge in [-0.3, -0.25) is 9.59 Å². The van der Waals surface area contributed by atoms with Crippen LogP contribution in [0.1, 0.15) is 59.8 Å². The normalized spacial score (nSPS) is 12.1. The van der Waals surface area contributed by atoms with E-state index in [1.54, 1.807) is 33.1 Å². The topological polar surface area (TPSA) is 64.6 Å². The number of ether oxygens (including phenoxy) is 2. The first kappa shape index (κ1) is 25.6. The number of carbonyl (C=O) groups excluding carboxylic acids is 2. The third kappa shape index (κ3) is 10.8.